The van der Waals surface area contributed by atoms with Crippen LogP contribution in [0, 0.1) is 0 Å². The fourth-order valence-electron chi connectivity index (χ4n) is 2.28. The van der Waals surface area contributed by atoms with E-state index in [9.17, 15) is 0 Å². The van der Waals surface area contributed by atoms with Crippen LogP contribution in [0.1, 0.15) is 51.5 Å². The molecule has 0 aliphatic carbocycles. The van der Waals surface area contributed by atoms with E-state index in [1.165, 1.54) is 11.3 Å². The first-order chi connectivity index (χ1) is 8.11. The summed E-state index contributed by atoms with van der Waals surface area (Å²) in [6.07, 6.45) is 2.20. The van der Waals surface area contributed by atoms with Crippen LogP contribution in [0.15, 0.2) is 17.5 Å². The Bertz CT molecular complexity index is 295. The number of thiophene rings is 1. The van der Waals surface area contributed by atoms with E-state index in [4.69, 9.17) is 5.73 Å². The van der Waals surface area contributed by atoms with Crippen LogP contribution in [0.25, 0.3) is 0 Å². The van der Waals surface area contributed by atoms with Gasteiger partial charge in [-0.3, -0.25) is 4.90 Å². The summed E-state index contributed by atoms with van der Waals surface area (Å²) < 4.78 is 0. The quantitative estimate of drug-likeness (QED) is 0.805. The van der Waals surface area contributed by atoms with E-state index in [1.54, 1.807) is 0 Å². The minimum atomic E-state index is 0.225. The first-order valence-electron chi connectivity index (χ1n) is 6.66. The maximum Gasteiger partial charge on any atom is 0.0595 e. The van der Waals surface area contributed by atoms with Gasteiger partial charge in [-0.05, 0) is 44.7 Å². The summed E-state index contributed by atoms with van der Waals surface area (Å²) in [5, 5.41) is 2.15. The van der Waals surface area contributed by atoms with Crippen LogP contribution in [0.4, 0.5) is 0 Å². The Hall–Kier alpha value is -0.380. The van der Waals surface area contributed by atoms with Crippen LogP contribution in [-0.2, 0) is 0 Å². The third-order valence-electron chi connectivity index (χ3n) is 3.21. The summed E-state index contributed by atoms with van der Waals surface area (Å²) in [6, 6.07) is 5.48. The Morgan fingerprint density at radius 1 is 1.35 bits per heavy atom. The Kier molecular flexibility index (Phi) is 6.17. The van der Waals surface area contributed by atoms with Gasteiger partial charge in [0.25, 0.3) is 0 Å². The molecular weight excluding hydrogens is 228 g/mol. The number of nitrogens with zero attached hydrogens (tertiary/aromatic N) is 1. The number of hydrogen-bond donors (Lipinski definition) is 1. The number of nitrogens with two attached hydrogens (primary N) is 1. The standard InChI is InChI=1S/C14H26N2S/c1-5-9-16(11(3)4)14(12(15)6-2)13-8-7-10-17-13/h7-8,10-12,14H,5-6,9,15H2,1-4H3. The predicted molar refractivity (Wildman–Crippen MR) is 77.5 cm³/mol. The lowest BCUT2D eigenvalue weighted by Crippen LogP contribution is -2.44. The zero-order valence-electron chi connectivity index (χ0n) is 11.5. The maximum absolute atomic E-state index is 6.34. The second kappa shape index (κ2) is 7.14. The fourth-order valence-corrected chi connectivity index (χ4v) is 3.20. The summed E-state index contributed by atoms with van der Waals surface area (Å²) in [5.41, 5.74) is 6.34. The minimum Gasteiger partial charge on any atom is -0.326 e. The van der Waals surface area contributed by atoms with Crippen LogP contribution in [0.5, 0.6) is 0 Å². The molecule has 0 radical (unpaired) electrons. The highest BCUT2D eigenvalue weighted by atomic mass is 32.1. The molecule has 0 saturated heterocycles. The van der Waals surface area contributed by atoms with Crippen LogP contribution < -0.4 is 5.73 Å². The van der Waals surface area contributed by atoms with E-state index < -0.39 is 0 Å². The van der Waals surface area contributed by atoms with Crippen LogP contribution in [-0.4, -0.2) is 23.5 Å². The summed E-state index contributed by atoms with van der Waals surface area (Å²) >= 11 is 1.82. The van der Waals surface area contributed by atoms with E-state index >= 15 is 0 Å². The van der Waals surface area contributed by atoms with Gasteiger partial charge in [0.1, 0.15) is 0 Å². The molecule has 1 heterocycles. The molecule has 0 aliphatic heterocycles. The Morgan fingerprint density at radius 2 is 2.06 bits per heavy atom. The van der Waals surface area contributed by atoms with Crippen molar-refractivity contribution >= 4 is 11.3 Å². The molecule has 0 amide bonds. The topological polar surface area (TPSA) is 29.3 Å². The highest BCUT2D eigenvalue weighted by Crippen LogP contribution is 2.30. The number of hydrogen-bond acceptors (Lipinski definition) is 3. The van der Waals surface area contributed by atoms with Crippen LogP contribution in [0.3, 0.4) is 0 Å². The third-order valence-corrected chi connectivity index (χ3v) is 4.16. The van der Waals surface area contributed by atoms with Gasteiger partial charge >= 0.3 is 0 Å². The van der Waals surface area contributed by atoms with Crippen molar-refractivity contribution in [2.45, 2.75) is 58.7 Å². The SMILES string of the molecule is CCCN(C(C)C)C(c1cccs1)C(N)CC. The highest BCUT2D eigenvalue weighted by Gasteiger charge is 2.27. The highest BCUT2D eigenvalue weighted by molar-refractivity contribution is 7.10. The van der Waals surface area contributed by atoms with E-state index in [1.807, 2.05) is 11.3 Å². The summed E-state index contributed by atoms with van der Waals surface area (Å²) in [5.74, 6) is 0. The first kappa shape index (κ1) is 14.7. The van der Waals surface area contributed by atoms with Crippen molar-refractivity contribution in [2.24, 2.45) is 5.73 Å². The molecule has 2 unspecified atom stereocenters. The van der Waals surface area contributed by atoms with Crippen LogP contribution >= 0.6 is 11.3 Å². The predicted octanol–water partition coefficient (Wildman–Crippen LogP) is 3.65. The third kappa shape index (κ3) is 3.80. The molecule has 0 aliphatic rings. The molecule has 3 heteroatoms. The molecular formula is C14H26N2S. The maximum atomic E-state index is 6.34. The van der Waals surface area contributed by atoms with E-state index in [0.717, 1.165) is 13.0 Å². The lowest BCUT2D eigenvalue weighted by Gasteiger charge is -2.37. The molecule has 1 aromatic rings. The molecule has 2 N–H and O–H groups in total. The molecule has 0 bridgehead atoms. The van der Waals surface area contributed by atoms with Crippen molar-refractivity contribution in [3.63, 3.8) is 0 Å². The van der Waals surface area contributed by atoms with Crippen LogP contribution in [0.2, 0.25) is 0 Å². The van der Waals surface area contributed by atoms with Crippen molar-refractivity contribution in [2.75, 3.05) is 6.54 Å². The van der Waals surface area contributed by atoms with E-state index in [-0.39, 0.29) is 6.04 Å². The largest absolute Gasteiger partial charge is 0.326 e. The zero-order valence-corrected chi connectivity index (χ0v) is 12.3. The van der Waals surface area contributed by atoms with Gasteiger partial charge in [-0.25, -0.2) is 0 Å². The fraction of sp³-hybridized carbons (Fsp3) is 0.714. The van der Waals surface area contributed by atoms with Gasteiger partial charge in [0, 0.05) is 17.0 Å². The minimum absolute atomic E-state index is 0.225. The zero-order chi connectivity index (χ0) is 12.8. The van der Waals surface area contributed by atoms with E-state index in [2.05, 4.69) is 50.1 Å². The normalized spacial score (nSPS) is 15.5. The molecule has 0 saturated carbocycles. The molecule has 98 valence electrons. The second-order valence-electron chi connectivity index (χ2n) is 4.86. The van der Waals surface area contributed by atoms with Gasteiger partial charge in [0.15, 0.2) is 0 Å². The Labute approximate surface area is 110 Å². The Balaban J connectivity index is 2.95. The molecule has 0 fully saturated rings. The molecule has 17 heavy (non-hydrogen) atoms. The lowest BCUT2D eigenvalue weighted by atomic mass is 10.0. The second-order valence-corrected chi connectivity index (χ2v) is 5.84. The van der Waals surface area contributed by atoms with Crippen molar-refractivity contribution < 1.29 is 0 Å². The van der Waals surface area contributed by atoms with Gasteiger partial charge in [0.2, 0.25) is 0 Å². The van der Waals surface area contributed by atoms with Crippen molar-refractivity contribution in [1.29, 1.82) is 0 Å². The summed E-state index contributed by atoms with van der Waals surface area (Å²) in [7, 11) is 0. The van der Waals surface area contributed by atoms with Gasteiger partial charge < -0.3 is 5.73 Å². The van der Waals surface area contributed by atoms with Gasteiger partial charge in [-0.1, -0.05) is 19.9 Å². The smallest absolute Gasteiger partial charge is 0.0595 e. The van der Waals surface area contributed by atoms with Gasteiger partial charge in [-0.2, -0.15) is 0 Å². The Morgan fingerprint density at radius 3 is 2.47 bits per heavy atom. The molecule has 0 spiro atoms. The van der Waals surface area contributed by atoms with E-state index in [0.29, 0.717) is 12.1 Å². The lowest BCUT2D eigenvalue weighted by molar-refractivity contribution is 0.132. The molecule has 2 atom stereocenters. The van der Waals surface area contributed by atoms with Gasteiger partial charge in [0.05, 0.1) is 6.04 Å². The first-order valence-corrected chi connectivity index (χ1v) is 7.54. The molecule has 1 aromatic heterocycles. The van der Waals surface area contributed by atoms with Crippen molar-refractivity contribution in [3.8, 4) is 0 Å². The average Bonchev–Trinajstić information content (AvgIpc) is 2.81. The van der Waals surface area contributed by atoms with Crippen molar-refractivity contribution in [3.05, 3.63) is 22.4 Å². The average molecular weight is 254 g/mol. The molecule has 0 aromatic carbocycles. The summed E-state index contributed by atoms with van der Waals surface area (Å²) in [6.45, 7) is 10.1. The molecule has 2 nitrogen and oxygen atoms in total. The van der Waals surface area contributed by atoms with Gasteiger partial charge in [-0.15, -0.1) is 11.3 Å². The number of rotatable bonds is 7. The van der Waals surface area contributed by atoms with Crippen molar-refractivity contribution in [1.82, 2.24) is 4.90 Å². The monoisotopic (exact) mass is 254 g/mol. The molecule has 1 rings (SSSR count). The summed E-state index contributed by atoms with van der Waals surface area (Å²) in [4.78, 5) is 3.95.